The second-order valence-corrected chi connectivity index (χ2v) is 8.80. The Morgan fingerprint density at radius 1 is 1.11 bits per heavy atom. The lowest BCUT2D eigenvalue weighted by Crippen LogP contribution is -2.23. The van der Waals surface area contributed by atoms with E-state index >= 15 is 0 Å². The number of imidazole rings is 1. The molecule has 0 saturated heterocycles. The molecule has 0 aliphatic heterocycles. The van der Waals surface area contributed by atoms with E-state index in [0.29, 0.717) is 48.5 Å². The van der Waals surface area contributed by atoms with Crippen LogP contribution in [0.25, 0.3) is 11.0 Å². The Balaban J connectivity index is 1.59. The molecule has 4 aromatic rings. The van der Waals surface area contributed by atoms with Gasteiger partial charge in [-0.2, -0.15) is 5.10 Å². The highest BCUT2D eigenvalue weighted by molar-refractivity contribution is 6.04. The third-order valence-corrected chi connectivity index (χ3v) is 6.09. The van der Waals surface area contributed by atoms with Crippen molar-refractivity contribution in [2.45, 2.75) is 46.3 Å². The van der Waals surface area contributed by atoms with E-state index in [1.54, 1.807) is 21.4 Å². The first kappa shape index (κ1) is 26.4. The molecule has 3 amide bonds. The van der Waals surface area contributed by atoms with Crippen molar-refractivity contribution in [1.29, 1.82) is 0 Å². The quantitative estimate of drug-likeness (QED) is 0.279. The van der Waals surface area contributed by atoms with Gasteiger partial charge in [-0.3, -0.25) is 24.4 Å². The number of benzene rings is 2. The predicted molar refractivity (Wildman–Crippen MR) is 143 cm³/mol. The minimum Gasteiger partial charge on any atom is -0.494 e. The maximum atomic E-state index is 13.2. The summed E-state index contributed by atoms with van der Waals surface area (Å²) >= 11 is 0. The number of nitrogens with two attached hydrogens (primary N) is 1. The van der Waals surface area contributed by atoms with Crippen LogP contribution in [0.4, 0.5) is 5.95 Å². The maximum Gasteiger partial charge on any atom is 0.276 e. The van der Waals surface area contributed by atoms with Crippen LogP contribution in [0.15, 0.2) is 48.5 Å². The van der Waals surface area contributed by atoms with Crippen molar-refractivity contribution in [3.63, 3.8) is 0 Å². The summed E-state index contributed by atoms with van der Waals surface area (Å²) in [6.07, 6.45) is 0.741. The van der Waals surface area contributed by atoms with E-state index in [9.17, 15) is 14.4 Å². The van der Waals surface area contributed by atoms with Crippen LogP contribution in [-0.2, 0) is 24.4 Å². The van der Waals surface area contributed by atoms with Crippen LogP contribution in [0.3, 0.4) is 0 Å². The normalized spacial score (nSPS) is 10.9. The topological polar surface area (TPSA) is 146 Å². The maximum absolute atomic E-state index is 13.2. The van der Waals surface area contributed by atoms with Gasteiger partial charge in [-0.1, -0.05) is 30.3 Å². The molecule has 0 fully saturated rings. The van der Waals surface area contributed by atoms with Crippen LogP contribution in [0, 0.1) is 6.92 Å². The molecule has 0 spiro atoms. The molecule has 0 aliphatic carbocycles. The molecule has 0 saturated carbocycles. The molecule has 198 valence electrons. The molecule has 4 N–H and O–H groups in total. The van der Waals surface area contributed by atoms with E-state index in [0.717, 1.165) is 11.3 Å². The molecule has 0 aliphatic rings. The molecule has 38 heavy (non-hydrogen) atoms. The average molecular weight is 518 g/mol. The summed E-state index contributed by atoms with van der Waals surface area (Å²) in [4.78, 5) is 42.1. The summed E-state index contributed by atoms with van der Waals surface area (Å²) in [5.41, 5.74) is 8.88. The number of methoxy groups -OCH3 is 1. The van der Waals surface area contributed by atoms with E-state index in [2.05, 4.69) is 20.7 Å². The molecular formula is C27H31N7O4. The number of hydrogen-bond acceptors (Lipinski definition) is 6. The second-order valence-electron chi connectivity index (χ2n) is 8.80. The van der Waals surface area contributed by atoms with Gasteiger partial charge in [0, 0.05) is 31.6 Å². The van der Waals surface area contributed by atoms with Gasteiger partial charge in [-0.25, -0.2) is 4.98 Å². The third-order valence-electron chi connectivity index (χ3n) is 6.09. The van der Waals surface area contributed by atoms with Gasteiger partial charge in [-0.15, -0.1) is 0 Å². The number of hydrogen-bond donors (Lipinski definition) is 3. The van der Waals surface area contributed by atoms with Gasteiger partial charge in [-0.05, 0) is 44.0 Å². The van der Waals surface area contributed by atoms with Crippen LogP contribution in [0.1, 0.15) is 51.9 Å². The zero-order chi connectivity index (χ0) is 27.2. The second kappa shape index (κ2) is 11.6. The lowest BCUT2D eigenvalue weighted by molar-refractivity contribution is -0.121. The van der Waals surface area contributed by atoms with Crippen LogP contribution in [-0.4, -0.2) is 44.2 Å². The zero-order valence-electron chi connectivity index (χ0n) is 21.7. The number of fused-ring (bicyclic) bond motifs is 1. The molecule has 11 heteroatoms. The number of ether oxygens (including phenoxy) is 1. The van der Waals surface area contributed by atoms with Gasteiger partial charge in [0.15, 0.2) is 0 Å². The minimum atomic E-state index is -0.622. The van der Waals surface area contributed by atoms with Crippen molar-refractivity contribution in [2.75, 3.05) is 12.4 Å². The Labute approximate surface area is 220 Å². The fraction of sp³-hybridized carbons (Fsp3) is 0.296. The standard InChI is InChI=1S/C27H31N7O4/c1-4-34-21(13-17(2)32-34)26(37)31-27-30-20-14-19(25(28)36)15-22(38-3)24(20)33(27)12-8-11-23(35)29-16-18-9-6-5-7-10-18/h5-7,9-10,13-15H,4,8,11-12,16H2,1-3H3,(H2,28,36)(H,29,35)(H,30,31,37). The summed E-state index contributed by atoms with van der Waals surface area (Å²) < 4.78 is 8.93. The van der Waals surface area contributed by atoms with E-state index in [1.165, 1.54) is 13.2 Å². The predicted octanol–water partition coefficient (Wildman–Crippen LogP) is 3.02. The zero-order valence-corrected chi connectivity index (χ0v) is 21.7. The van der Waals surface area contributed by atoms with Crippen molar-refractivity contribution < 1.29 is 19.1 Å². The first-order valence-electron chi connectivity index (χ1n) is 12.3. The van der Waals surface area contributed by atoms with Gasteiger partial charge in [0.05, 0.1) is 18.3 Å². The first-order valence-corrected chi connectivity index (χ1v) is 12.3. The summed E-state index contributed by atoms with van der Waals surface area (Å²) in [6.45, 7) is 5.06. The fourth-order valence-corrected chi connectivity index (χ4v) is 4.26. The number of aryl methyl sites for hydroxylation is 3. The van der Waals surface area contributed by atoms with Crippen molar-refractivity contribution >= 4 is 34.7 Å². The van der Waals surface area contributed by atoms with Crippen LogP contribution in [0.2, 0.25) is 0 Å². The highest BCUT2D eigenvalue weighted by Crippen LogP contribution is 2.31. The van der Waals surface area contributed by atoms with Crippen molar-refractivity contribution in [3.8, 4) is 5.75 Å². The van der Waals surface area contributed by atoms with Gasteiger partial charge < -0.3 is 20.4 Å². The van der Waals surface area contributed by atoms with E-state index in [4.69, 9.17) is 10.5 Å². The Morgan fingerprint density at radius 2 is 1.87 bits per heavy atom. The number of carbonyl (C=O) groups is 3. The van der Waals surface area contributed by atoms with Gasteiger partial charge >= 0.3 is 0 Å². The molecule has 0 radical (unpaired) electrons. The molecule has 0 unspecified atom stereocenters. The number of amides is 3. The van der Waals surface area contributed by atoms with Crippen molar-refractivity contribution in [3.05, 3.63) is 71.0 Å². The monoisotopic (exact) mass is 517 g/mol. The summed E-state index contributed by atoms with van der Waals surface area (Å²) in [6, 6.07) is 14.5. The van der Waals surface area contributed by atoms with Crippen molar-refractivity contribution in [1.82, 2.24) is 24.6 Å². The SMILES string of the molecule is CCn1nc(C)cc1C(=O)Nc1nc2cc(C(N)=O)cc(OC)c2n1CCCC(=O)NCc1ccccc1. The number of carbonyl (C=O) groups excluding carboxylic acids is 3. The van der Waals surface area contributed by atoms with Gasteiger partial charge in [0.25, 0.3) is 5.91 Å². The minimum absolute atomic E-state index is 0.0887. The summed E-state index contributed by atoms with van der Waals surface area (Å²) in [5, 5.41) is 10.1. The fourth-order valence-electron chi connectivity index (χ4n) is 4.26. The van der Waals surface area contributed by atoms with Crippen LogP contribution >= 0.6 is 0 Å². The largest absolute Gasteiger partial charge is 0.494 e. The van der Waals surface area contributed by atoms with Crippen LogP contribution in [0.5, 0.6) is 5.75 Å². The molecule has 2 aromatic carbocycles. The number of nitrogens with one attached hydrogen (secondary N) is 2. The number of primary amides is 1. The lowest BCUT2D eigenvalue weighted by Gasteiger charge is -2.13. The Kier molecular flexibility index (Phi) is 8.05. The molecule has 2 aromatic heterocycles. The van der Waals surface area contributed by atoms with Gasteiger partial charge in [0.2, 0.25) is 17.8 Å². The van der Waals surface area contributed by atoms with Gasteiger partial charge in [0.1, 0.15) is 17.0 Å². The lowest BCUT2D eigenvalue weighted by atomic mass is 10.1. The number of rotatable bonds is 11. The smallest absolute Gasteiger partial charge is 0.276 e. The van der Waals surface area contributed by atoms with E-state index in [1.807, 2.05) is 44.2 Å². The third kappa shape index (κ3) is 5.83. The highest BCUT2D eigenvalue weighted by Gasteiger charge is 2.21. The molecule has 0 bridgehead atoms. The number of aromatic nitrogens is 4. The Bertz CT molecular complexity index is 1470. The molecule has 0 atom stereocenters. The molecule has 4 rings (SSSR count). The first-order chi connectivity index (χ1) is 18.3. The molecular weight excluding hydrogens is 486 g/mol. The molecule has 11 nitrogen and oxygen atoms in total. The Hall–Kier alpha value is -4.67. The van der Waals surface area contributed by atoms with Crippen LogP contribution < -0.4 is 21.1 Å². The van der Waals surface area contributed by atoms with E-state index in [-0.39, 0.29) is 29.7 Å². The number of nitrogens with zero attached hydrogens (tertiary/aromatic N) is 4. The summed E-state index contributed by atoms with van der Waals surface area (Å²) in [7, 11) is 1.48. The van der Waals surface area contributed by atoms with E-state index < -0.39 is 5.91 Å². The summed E-state index contributed by atoms with van der Waals surface area (Å²) in [5.74, 6) is -0.445. The molecule has 2 heterocycles. The Morgan fingerprint density at radius 3 is 2.55 bits per heavy atom. The average Bonchev–Trinajstić information content (AvgIpc) is 3.47. The highest BCUT2D eigenvalue weighted by atomic mass is 16.5. The number of anilines is 1. The van der Waals surface area contributed by atoms with Crippen molar-refractivity contribution in [2.24, 2.45) is 5.73 Å².